The fraction of sp³-hybridized carbons (Fsp3) is 0.240. The molecule has 3 aromatic rings. The van der Waals surface area contributed by atoms with Crippen molar-refractivity contribution >= 4 is 56.2 Å². The van der Waals surface area contributed by atoms with Crippen molar-refractivity contribution in [2.75, 3.05) is 35.2 Å². The number of rotatable bonds is 7. The normalized spacial score (nSPS) is 16.3. The first-order valence-corrected chi connectivity index (χ1v) is 14.0. The van der Waals surface area contributed by atoms with Gasteiger partial charge >= 0.3 is 0 Å². The molecule has 37 heavy (non-hydrogen) atoms. The average molecular weight is 563 g/mol. The van der Waals surface area contributed by atoms with Gasteiger partial charge in [0.2, 0.25) is 0 Å². The van der Waals surface area contributed by atoms with Crippen molar-refractivity contribution in [3.63, 3.8) is 0 Å². The third-order valence-electron chi connectivity index (χ3n) is 5.91. The predicted octanol–water partition coefficient (Wildman–Crippen LogP) is 5.75. The van der Waals surface area contributed by atoms with E-state index in [1.54, 1.807) is 31.2 Å². The minimum Gasteiger partial charge on any atom is -0.486 e. The van der Waals surface area contributed by atoms with Crippen molar-refractivity contribution in [3.8, 4) is 5.75 Å². The zero-order valence-electron chi connectivity index (χ0n) is 19.9. The Balaban J connectivity index is 1.49. The summed E-state index contributed by atoms with van der Waals surface area (Å²) < 4.78 is 40.6. The quantitative estimate of drug-likeness (QED) is 0.248. The summed E-state index contributed by atoms with van der Waals surface area (Å²) in [7, 11) is -2.50. The van der Waals surface area contributed by atoms with Crippen molar-refractivity contribution in [1.29, 1.82) is 10.2 Å². The molecule has 0 amide bonds. The Labute approximate surface area is 224 Å². The summed E-state index contributed by atoms with van der Waals surface area (Å²) in [5.41, 5.74) is 7.06. The zero-order valence-corrected chi connectivity index (χ0v) is 22.2. The van der Waals surface area contributed by atoms with Crippen LogP contribution in [0.5, 0.6) is 5.75 Å². The number of benzene rings is 1. The fourth-order valence-electron chi connectivity index (χ4n) is 3.87. The molecule has 8 nitrogen and oxygen atoms in total. The lowest BCUT2D eigenvalue weighted by molar-refractivity contribution is 0.227. The Hall–Kier alpha value is -3.21. The van der Waals surface area contributed by atoms with Gasteiger partial charge in [-0.1, -0.05) is 23.2 Å². The highest BCUT2D eigenvalue weighted by molar-refractivity contribution is 7.92. The number of nitrogen functional groups attached to an aromatic ring is 1. The number of hydrogen-bond acceptors (Lipinski definition) is 8. The van der Waals surface area contributed by atoms with Gasteiger partial charge in [0.05, 0.1) is 15.8 Å². The van der Waals surface area contributed by atoms with Gasteiger partial charge in [-0.05, 0) is 48.9 Å². The second kappa shape index (κ2) is 11.0. The van der Waals surface area contributed by atoms with Gasteiger partial charge in [0.15, 0.2) is 0 Å². The molecule has 0 bridgehead atoms. The molecule has 1 aliphatic heterocycles. The van der Waals surface area contributed by atoms with E-state index in [0.717, 1.165) is 0 Å². The molecular weight excluding hydrogens is 538 g/mol. The first-order chi connectivity index (χ1) is 17.5. The number of ether oxygens (including phenoxy) is 1. The van der Waals surface area contributed by atoms with Crippen molar-refractivity contribution in [2.24, 2.45) is 0 Å². The molecule has 0 saturated carbocycles. The van der Waals surface area contributed by atoms with E-state index in [4.69, 9.17) is 43.9 Å². The summed E-state index contributed by atoms with van der Waals surface area (Å²) in [6.07, 6.45) is 5.11. The van der Waals surface area contributed by atoms with E-state index in [-0.39, 0.29) is 11.3 Å². The predicted molar refractivity (Wildman–Crippen MR) is 147 cm³/mol. The van der Waals surface area contributed by atoms with Crippen LogP contribution in [0.15, 0.2) is 54.7 Å². The van der Waals surface area contributed by atoms with Crippen LogP contribution < -0.4 is 15.4 Å². The van der Waals surface area contributed by atoms with E-state index in [1.165, 1.54) is 30.7 Å². The van der Waals surface area contributed by atoms with Gasteiger partial charge in [0, 0.05) is 69.7 Å². The maximum atomic E-state index is 15.1. The molecule has 1 saturated heterocycles. The number of anilines is 2. The Bertz CT molecular complexity index is 1430. The number of halogens is 3. The van der Waals surface area contributed by atoms with Gasteiger partial charge in [0.1, 0.15) is 23.5 Å². The lowest BCUT2D eigenvalue weighted by atomic mass is 10.0. The highest BCUT2D eigenvalue weighted by Gasteiger charge is 2.20. The molecule has 1 aromatic carbocycles. The molecule has 1 unspecified atom stereocenters. The zero-order chi connectivity index (χ0) is 26.7. The van der Waals surface area contributed by atoms with Crippen molar-refractivity contribution < 1.29 is 13.3 Å². The van der Waals surface area contributed by atoms with E-state index in [0.29, 0.717) is 57.3 Å². The van der Waals surface area contributed by atoms with Crippen LogP contribution in [-0.2, 0) is 9.73 Å². The Morgan fingerprint density at radius 2 is 1.86 bits per heavy atom. The van der Waals surface area contributed by atoms with Crippen LogP contribution in [0.4, 0.5) is 15.9 Å². The summed E-state index contributed by atoms with van der Waals surface area (Å²) in [6.45, 7) is 2.74. The molecule has 12 heteroatoms. The van der Waals surface area contributed by atoms with E-state index in [2.05, 4.69) is 9.97 Å². The lowest BCUT2D eigenvalue weighted by Crippen LogP contribution is -2.40. The number of nitrogens with one attached hydrogen (secondary N) is 2. The molecule has 1 fully saturated rings. The van der Waals surface area contributed by atoms with Crippen LogP contribution in [0, 0.1) is 10.2 Å². The summed E-state index contributed by atoms with van der Waals surface area (Å²) >= 11 is 12.4. The van der Waals surface area contributed by atoms with Gasteiger partial charge in [-0.2, -0.15) is 0 Å². The van der Waals surface area contributed by atoms with Gasteiger partial charge in [-0.25, -0.2) is 13.6 Å². The number of nitrogens with zero attached hydrogens (tertiary/aromatic N) is 3. The van der Waals surface area contributed by atoms with E-state index in [9.17, 15) is 4.21 Å². The summed E-state index contributed by atoms with van der Waals surface area (Å²) in [5, 5.41) is 9.08. The van der Waals surface area contributed by atoms with Crippen LogP contribution in [0.1, 0.15) is 29.7 Å². The van der Waals surface area contributed by atoms with Crippen LogP contribution in [0.2, 0.25) is 10.0 Å². The minimum absolute atomic E-state index is 0.169. The maximum absolute atomic E-state index is 15.1. The van der Waals surface area contributed by atoms with Crippen molar-refractivity contribution in [2.45, 2.75) is 13.0 Å². The molecule has 3 heterocycles. The Kier molecular flexibility index (Phi) is 8.01. The Morgan fingerprint density at radius 1 is 1.19 bits per heavy atom. The molecule has 4 N–H and O–H groups in total. The molecule has 4 rings (SSSR count). The topological polar surface area (TPSA) is 129 Å². The first kappa shape index (κ1) is 26.8. The maximum Gasteiger partial charge on any atom is 0.149 e. The molecule has 1 aliphatic rings. The standard InChI is InChI=1S/C25H25Cl2FN6O2S/c1-15(24-19(26)13-32-14-20(24)27)36-17-3-4-22(29)18(11-17)25(30)21(28)10-16-2-5-23(33-12-16)34-6-8-37(31,35)9-7-34/h2-5,10-15,30-31H,6-9,29H2,1H3/b21-10-,30-25?. The lowest BCUT2D eigenvalue weighted by Gasteiger charge is -2.28. The second-order valence-corrected chi connectivity index (χ2v) is 11.8. The number of aromatic nitrogens is 2. The van der Waals surface area contributed by atoms with Crippen molar-refractivity contribution in [3.05, 3.63) is 81.5 Å². The smallest absolute Gasteiger partial charge is 0.149 e. The average Bonchev–Trinajstić information content (AvgIpc) is 2.85. The van der Waals surface area contributed by atoms with Crippen LogP contribution >= 0.6 is 23.2 Å². The third kappa shape index (κ3) is 6.38. The number of allylic oxidation sites excluding steroid dienone is 1. The van der Waals surface area contributed by atoms with Gasteiger partial charge in [-0.3, -0.25) is 15.2 Å². The summed E-state index contributed by atoms with van der Waals surface area (Å²) in [6, 6.07) is 8.08. The number of pyridine rings is 2. The monoisotopic (exact) mass is 562 g/mol. The summed E-state index contributed by atoms with van der Waals surface area (Å²) in [4.78, 5) is 10.2. The van der Waals surface area contributed by atoms with Gasteiger partial charge in [0.25, 0.3) is 0 Å². The van der Waals surface area contributed by atoms with Crippen LogP contribution in [0.25, 0.3) is 6.08 Å². The molecule has 0 spiro atoms. The van der Waals surface area contributed by atoms with Gasteiger partial charge < -0.3 is 15.4 Å². The minimum atomic E-state index is -2.50. The van der Waals surface area contributed by atoms with E-state index in [1.807, 2.05) is 4.90 Å². The molecular formula is C25H25Cl2FN6O2S. The van der Waals surface area contributed by atoms with Crippen molar-refractivity contribution in [1.82, 2.24) is 9.97 Å². The fourth-order valence-corrected chi connectivity index (χ4v) is 5.78. The second-order valence-electron chi connectivity index (χ2n) is 8.55. The van der Waals surface area contributed by atoms with Gasteiger partial charge in [-0.15, -0.1) is 0 Å². The van der Waals surface area contributed by atoms with Crippen LogP contribution in [-0.4, -0.2) is 44.5 Å². The Morgan fingerprint density at radius 3 is 2.49 bits per heavy atom. The van der Waals surface area contributed by atoms with E-state index < -0.39 is 27.4 Å². The molecule has 0 radical (unpaired) electrons. The number of nitrogens with two attached hydrogens (primary N) is 1. The number of hydrogen-bond donors (Lipinski definition) is 3. The SMILES string of the molecule is CC(Oc1ccc(N)c(C(=N)/C(F)=C/c2ccc(N3CCS(=N)(=O)CC3)nc2)c1)c1c(Cl)cncc1Cl. The molecule has 2 aromatic heterocycles. The van der Waals surface area contributed by atoms with Crippen LogP contribution in [0.3, 0.4) is 0 Å². The molecule has 194 valence electrons. The first-order valence-electron chi connectivity index (χ1n) is 11.3. The highest BCUT2D eigenvalue weighted by Crippen LogP contribution is 2.33. The van der Waals surface area contributed by atoms with E-state index >= 15 is 4.39 Å². The third-order valence-corrected chi connectivity index (χ3v) is 8.20. The summed E-state index contributed by atoms with van der Waals surface area (Å²) in [5.74, 6) is 0.836. The largest absolute Gasteiger partial charge is 0.486 e. The molecule has 0 aliphatic carbocycles. The highest BCUT2D eigenvalue weighted by atomic mass is 35.5. The molecule has 1 atom stereocenters.